The Labute approximate surface area is 170 Å². The summed E-state index contributed by atoms with van der Waals surface area (Å²) in [6, 6.07) is 13.6. The van der Waals surface area contributed by atoms with Crippen molar-refractivity contribution in [3.63, 3.8) is 0 Å². The minimum Gasteiger partial charge on any atom is -0.493 e. The second kappa shape index (κ2) is 9.23. The van der Waals surface area contributed by atoms with E-state index in [2.05, 4.69) is 10.1 Å². The molecule has 0 aliphatic rings. The summed E-state index contributed by atoms with van der Waals surface area (Å²) in [5.41, 5.74) is 2.94. The van der Waals surface area contributed by atoms with E-state index in [1.807, 2.05) is 56.4 Å². The molecule has 1 atom stereocenters. The van der Waals surface area contributed by atoms with E-state index in [0.29, 0.717) is 24.3 Å². The Morgan fingerprint density at radius 1 is 1.14 bits per heavy atom. The van der Waals surface area contributed by atoms with Gasteiger partial charge in [0.25, 0.3) is 0 Å². The molecular weight excluding hydrogens is 368 g/mol. The molecule has 1 heterocycles. The quantitative estimate of drug-likeness (QED) is 0.585. The van der Waals surface area contributed by atoms with Crippen LogP contribution >= 0.6 is 0 Å². The Hall–Kier alpha value is -3.35. The highest BCUT2D eigenvalue weighted by Gasteiger charge is 2.19. The molecule has 0 saturated heterocycles. The van der Waals surface area contributed by atoms with Crippen molar-refractivity contribution in [1.82, 2.24) is 19.7 Å². The van der Waals surface area contributed by atoms with Crippen LogP contribution in [0, 0.1) is 0 Å². The van der Waals surface area contributed by atoms with Crippen LogP contribution < -0.4 is 9.47 Å². The average Bonchev–Trinajstić information content (AvgIpc) is 3.31. The Bertz CT molecular complexity index is 939. The molecule has 0 unspecified atom stereocenters. The van der Waals surface area contributed by atoms with Crippen molar-refractivity contribution in [2.24, 2.45) is 0 Å². The van der Waals surface area contributed by atoms with Gasteiger partial charge >= 0.3 is 0 Å². The van der Waals surface area contributed by atoms with E-state index >= 15 is 0 Å². The molecule has 29 heavy (non-hydrogen) atoms. The van der Waals surface area contributed by atoms with Crippen LogP contribution in [0.4, 0.5) is 0 Å². The zero-order valence-electron chi connectivity index (χ0n) is 17.2. The molecule has 7 heteroatoms. The van der Waals surface area contributed by atoms with Gasteiger partial charge in [0.2, 0.25) is 5.91 Å². The van der Waals surface area contributed by atoms with Crippen molar-refractivity contribution in [3.05, 3.63) is 66.2 Å². The van der Waals surface area contributed by atoms with Gasteiger partial charge < -0.3 is 14.4 Å². The van der Waals surface area contributed by atoms with Crippen molar-refractivity contribution in [1.29, 1.82) is 0 Å². The smallest absolute Gasteiger partial charge is 0.223 e. The lowest BCUT2D eigenvalue weighted by Gasteiger charge is -2.26. The number of benzene rings is 2. The maximum absolute atomic E-state index is 12.8. The van der Waals surface area contributed by atoms with Crippen LogP contribution in [0.3, 0.4) is 0 Å². The second-order valence-corrected chi connectivity index (χ2v) is 6.76. The van der Waals surface area contributed by atoms with E-state index in [9.17, 15) is 4.79 Å². The third-order valence-electron chi connectivity index (χ3n) is 5.13. The van der Waals surface area contributed by atoms with Gasteiger partial charge in [0.15, 0.2) is 11.5 Å². The maximum Gasteiger partial charge on any atom is 0.223 e. The fourth-order valence-electron chi connectivity index (χ4n) is 3.26. The van der Waals surface area contributed by atoms with Gasteiger partial charge in [0.1, 0.15) is 12.7 Å². The van der Waals surface area contributed by atoms with E-state index in [1.54, 1.807) is 30.1 Å². The van der Waals surface area contributed by atoms with E-state index < -0.39 is 0 Å². The monoisotopic (exact) mass is 394 g/mol. The Balaban J connectivity index is 1.64. The molecule has 0 saturated carbocycles. The third-order valence-corrected chi connectivity index (χ3v) is 5.13. The summed E-state index contributed by atoms with van der Waals surface area (Å²) < 4.78 is 12.5. The third kappa shape index (κ3) is 4.56. The molecule has 7 nitrogen and oxygen atoms in total. The number of para-hydroxylation sites is 1. The van der Waals surface area contributed by atoms with Crippen LogP contribution in [-0.4, -0.2) is 46.8 Å². The molecule has 0 fully saturated rings. The summed E-state index contributed by atoms with van der Waals surface area (Å²) in [6.45, 7) is 2.02. The molecule has 0 aliphatic heterocycles. The number of aromatic nitrogens is 3. The van der Waals surface area contributed by atoms with Crippen LogP contribution in [0.2, 0.25) is 0 Å². The van der Waals surface area contributed by atoms with E-state index in [1.165, 1.54) is 6.33 Å². The average molecular weight is 394 g/mol. The highest BCUT2D eigenvalue weighted by molar-refractivity contribution is 5.77. The van der Waals surface area contributed by atoms with Crippen molar-refractivity contribution < 1.29 is 14.3 Å². The van der Waals surface area contributed by atoms with Gasteiger partial charge in [-0.2, -0.15) is 5.10 Å². The van der Waals surface area contributed by atoms with Crippen molar-refractivity contribution in [3.8, 4) is 17.2 Å². The molecular formula is C22H26N4O3. The zero-order valence-corrected chi connectivity index (χ0v) is 17.2. The number of aryl methyl sites for hydroxylation is 1. The van der Waals surface area contributed by atoms with Gasteiger partial charge in [-0.15, -0.1) is 0 Å². The van der Waals surface area contributed by atoms with Gasteiger partial charge in [-0.05, 0) is 42.7 Å². The van der Waals surface area contributed by atoms with Gasteiger partial charge in [0, 0.05) is 13.5 Å². The Morgan fingerprint density at radius 2 is 1.90 bits per heavy atom. The normalized spacial score (nSPS) is 11.7. The van der Waals surface area contributed by atoms with Crippen molar-refractivity contribution in [2.75, 3.05) is 21.3 Å². The molecule has 1 amide bonds. The Morgan fingerprint density at radius 3 is 2.52 bits per heavy atom. The number of hydrogen-bond donors (Lipinski definition) is 0. The summed E-state index contributed by atoms with van der Waals surface area (Å²) in [5, 5.41) is 4.13. The highest BCUT2D eigenvalue weighted by atomic mass is 16.5. The molecule has 3 aromatic rings. The van der Waals surface area contributed by atoms with Crippen molar-refractivity contribution >= 4 is 5.91 Å². The van der Waals surface area contributed by atoms with Gasteiger partial charge in [-0.25, -0.2) is 9.67 Å². The first-order valence-corrected chi connectivity index (χ1v) is 9.45. The predicted molar refractivity (Wildman–Crippen MR) is 110 cm³/mol. The number of hydrogen-bond acceptors (Lipinski definition) is 5. The molecule has 0 aliphatic carbocycles. The first-order chi connectivity index (χ1) is 14.0. The molecule has 2 aromatic carbocycles. The van der Waals surface area contributed by atoms with Crippen LogP contribution in [0.15, 0.2) is 55.1 Å². The number of nitrogens with zero attached hydrogens (tertiary/aromatic N) is 4. The van der Waals surface area contributed by atoms with Crippen LogP contribution in [0.25, 0.3) is 5.69 Å². The number of rotatable bonds is 8. The maximum atomic E-state index is 12.8. The van der Waals surface area contributed by atoms with E-state index in [0.717, 1.165) is 16.8 Å². The van der Waals surface area contributed by atoms with E-state index in [-0.39, 0.29) is 11.9 Å². The number of ether oxygens (including phenoxy) is 2. The molecule has 0 spiro atoms. The molecule has 0 bridgehead atoms. The molecule has 152 valence electrons. The number of carbonyl (C=O) groups excluding carboxylic acids is 1. The van der Waals surface area contributed by atoms with Gasteiger partial charge in [-0.3, -0.25) is 4.79 Å². The lowest BCUT2D eigenvalue weighted by molar-refractivity contribution is -0.131. The van der Waals surface area contributed by atoms with Gasteiger partial charge in [0.05, 0.1) is 25.9 Å². The van der Waals surface area contributed by atoms with E-state index in [4.69, 9.17) is 9.47 Å². The number of carbonyl (C=O) groups is 1. The summed E-state index contributed by atoms with van der Waals surface area (Å²) in [6.07, 6.45) is 4.13. The first-order valence-electron chi connectivity index (χ1n) is 9.45. The standard InChI is InChI=1S/C22H26N4O3/c1-16(17-8-11-19(12-9-17)26-15-23-14-24-26)25(2)21(27)13-10-18-6-5-7-20(28-3)22(18)29-4/h5-9,11-12,14-16H,10,13H2,1-4H3/t16-/m1/s1. The lowest BCUT2D eigenvalue weighted by Crippen LogP contribution is -2.29. The second-order valence-electron chi connectivity index (χ2n) is 6.76. The zero-order chi connectivity index (χ0) is 20.8. The minimum absolute atomic E-state index is 0.0421. The summed E-state index contributed by atoms with van der Waals surface area (Å²) in [4.78, 5) is 18.5. The van der Waals surface area contributed by atoms with Crippen molar-refractivity contribution in [2.45, 2.75) is 25.8 Å². The fourth-order valence-corrected chi connectivity index (χ4v) is 3.26. The molecule has 3 rings (SSSR count). The largest absolute Gasteiger partial charge is 0.493 e. The van der Waals surface area contributed by atoms with Crippen LogP contribution in [-0.2, 0) is 11.2 Å². The molecule has 0 N–H and O–H groups in total. The summed E-state index contributed by atoms with van der Waals surface area (Å²) >= 11 is 0. The highest BCUT2D eigenvalue weighted by Crippen LogP contribution is 2.31. The Kier molecular flexibility index (Phi) is 6.49. The van der Waals surface area contributed by atoms with Crippen LogP contribution in [0.1, 0.15) is 30.5 Å². The molecule has 0 radical (unpaired) electrons. The molecule has 1 aromatic heterocycles. The van der Waals surface area contributed by atoms with Gasteiger partial charge in [-0.1, -0.05) is 24.3 Å². The lowest BCUT2D eigenvalue weighted by atomic mass is 10.0. The minimum atomic E-state index is -0.0421. The summed E-state index contributed by atoms with van der Waals surface area (Å²) in [5.74, 6) is 1.43. The number of methoxy groups -OCH3 is 2. The van der Waals surface area contributed by atoms with Crippen LogP contribution in [0.5, 0.6) is 11.5 Å². The SMILES string of the molecule is COc1cccc(CCC(=O)N(C)[C@H](C)c2ccc(-n3cncn3)cc2)c1OC. The predicted octanol–water partition coefficient (Wildman–Crippen LogP) is 3.44. The fraction of sp³-hybridized carbons (Fsp3) is 0.318. The number of amides is 1. The topological polar surface area (TPSA) is 69.5 Å². The first kappa shape index (κ1) is 20.4. The summed E-state index contributed by atoms with van der Waals surface area (Å²) in [7, 11) is 5.05.